The van der Waals surface area contributed by atoms with Crippen LogP contribution in [-0.4, -0.2) is 52.8 Å². The van der Waals surface area contributed by atoms with Gasteiger partial charge in [-0.1, -0.05) is 44.9 Å². The molecule has 0 radical (unpaired) electrons. The molecule has 4 aromatic rings. The molecule has 4 N–H and O–H groups in total. The Labute approximate surface area is 310 Å². The van der Waals surface area contributed by atoms with E-state index in [0.717, 1.165) is 77.5 Å². The van der Waals surface area contributed by atoms with Crippen molar-refractivity contribution in [2.45, 2.75) is 95.9 Å². The van der Waals surface area contributed by atoms with Gasteiger partial charge in [0.15, 0.2) is 0 Å². The van der Waals surface area contributed by atoms with Crippen molar-refractivity contribution in [3.63, 3.8) is 0 Å². The topological polar surface area (TPSA) is 122 Å². The van der Waals surface area contributed by atoms with Gasteiger partial charge < -0.3 is 30.4 Å². The minimum absolute atomic E-state index is 0.122. The molecule has 3 aliphatic rings. The van der Waals surface area contributed by atoms with E-state index in [1.54, 1.807) is 31.4 Å². The zero-order chi connectivity index (χ0) is 37.2. The number of carbonyl (C=O) groups is 3. The van der Waals surface area contributed by atoms with Crippen molar-refractivity contribution in [1.82, 2.24) is 9.88 Å². The number of methoxy groups -OCH3 is 1. The predicted octanol–water partition coefficient (Wildman–Crippen LogP) is 8.79. The molecule has 10 heteroatoms. The Balaban J connectivity index is 1.16. The number of carboxylic acid groups (broad SMARTS) is 1. The van der Waals surface area contributed by atoms with Crippen LogP contribution >= 0.6 is 0 Å². The smallest absolute Gasteiger partial charge is 0.328 e. The number of hydrogen-bond acceptors (Lipinski definition) is 5. The number of fused-ring (bicyclic) bond motifs is 5. The van der Waals surface area contributed by atoms with Crippen LogP contribution in [0.3, 0.4) is 0 Å². The van der Waals surface area contributed by atoms with Crippen LogP contribution in [-0.2, 0) is 16.1 Å². The summed E-state index contributed by atoms with van der Waals surface area (Å²) < 4.78 is 23.9. The van der Waals surface area contributed by atoms with Crippen molar-refractivity contribution in [1.29, 1.82) is 0 Å². The Morgan fingerprint density at radius 1 is 1.00 bits per heavy atom. The van der Waals surface area contributed by atoms with Gasteiger partial charge in [-0.05, 0) is 98.0 Å². The fourth-order valence-electron chi connectivity index (χ4n) is 8.59. The lowest BCUT2D eigenvalue weighted by Gasteiger charge is -2.31. The number of amides is 2. The predicted molar refractivity (Wildman–Crippen MR) is 207 cm³/mol. The molecule has 4 unspecified atom stereocenters. The molecule has 2 saturated carbocycles. The summed E-state index contributed by atoms with van der Waals surface area (Å²) in [5, 5.41) is 19.9. The lowest BCUT2D eigenvalue weighted by atomic mass is 9.80. The van der Waals surface area contributed by atoms with Gasteiger partial charge in [0.25, 0.3) is 5.91 Å². The van der Waals surface area contributed by atoms with E-state index in [-0.39, 0.29) is 35.7 Å². The van der Waals surface area contributed by atoms with E-state index in [1.165, 1.54) is 6.08 Å². The van der Waals surface area contributed by atoms with Crippen molar-refractivity contribution in [3.8, 4) is 17.0 Å². The summed E-state index contributed by atoms with van der Waals surface area (Å²) in [6.07, 6.45) is 7.52. The molecule has 7 rings (SSSR count). The Morgan fingerprint density at radius 2 is 1.83 bits per heavy atom. The van der Waals surface area contributed by atoms with Crippen molar-refractivity contribution < 1.29 is 28.6 Å². The number of aromatic nitrogens is 1. The molecule has 0 spiro atoms. The number of carboxylic acids is 1. The van der Waals surface area contributed by atoms with E-state index >= 15 is 4.39 Å². The summed E-state index contributed by atoms with van der Waals surface area (Å²) in [6, 6.07) is 19.0. The molecule has 278 valence electrons. The number of nitrogens with zero attached hydrogens (tertiary/aromatic N) is 1. The van der Waals surface area contributed by atoms with Crippen LogP contribution in [0.4, 0.5) is 15.8 Å². The molecule has 0 saturated heterocycles. The standard InChI is InChI=1S/C43H49FN4O5/c1-25(2)36-19-20-48-38-23-28(43(52)46-30-14-12-27(22-30)42(51)45-29-8-6-7-26(21-29)11-18-39(49)50)13-16-34(38)40(32-9-4-5-10-35(32)44)41(48)33-17-15-31(53-3)24-37(33)47-36/h6-8,11,13,15-18,21,23-25,27,30,32,35-36,47H,4-5,9-10,12,14,19-20,22H2,1-3H3,(H,45,51)(H,46,52)(H,49,50)/b18-11+/t27?,30?,32?,35-,36?/m0/s1. The summed E-state index contributed by atoms with van der Waals surface area (Å²) in [6.45, 7) is 5.16. The van der Waals surface area contributed by atoms with Gasteiger partial charge in [0.1, 0.15) is 11.9 Å². The molecule has 2 heterocycles. The fourth-order valence-corrected chi connectivity index (χ4v) is 8.59. The number of benzene rings is 3. The molecular weight excluding hydrogens is 671 g/mol. The third-order valence-electron chi connectivity index (χ3n) is 11.4. The summed E-state index contributed by atoms with van der Waals surface area (Å²) in [4.78, 5) is 38.0. The van der Waals surface area contributed by atoms with Gasteiger partial charge in [0.2, 0.25) is 5.91 Å². The second-order valence-electron chi connectivity index (χ2n) is 15.2. The van der Waals surface area contributed by atoms with Crippen LogP contribution in [0.5, 0.6) is 5.75 Å². The van der Waals surface area contributed by atoms with Crippen LogP contribution in [0.15, 0.2) is 66.7 Å². The first-order valence-corrected chi connectivity index (χ1v) is 19.0. The number of ether oxygens (including phenoxy) is 1. The van der Waals surface area contributed by atoms with Gasteiger partial charge >= 0.3 is 5.97 Å². The highest BCUT2D eigenvalue weighted by Crippen LogP contribution is 2.48. The van der Waals surface area contributed by atoms with Crippen molar-refractivity contribution >= 4 is 46.1 Å². The molecule has 53 heavy (non-hydrogen) atoms. The monoisotopic (exact) mass is 720 g/mol. The van der Waals surface area contributed by atoms with E-state index in [1.807, 2.05) is 30.3 Å². The van der Waals surface area contributed by atoms with Crippen LogP contribution in [0, 0.1) is 11.8 Å². The van der Waals surface area contributed by atoms with Crippen LogP contribution in [0.25, 0.3) is 28.2 Å². The van der Waals surface area contributed by atoms with Gasteiger partial charge in [-0.2, -0.15) is 0 Å². The van der Waals surface area contributed by atoms with Gasteiger partial charge in [0.05, 0.1) is 12.8 Å². The lowest BCUT2D eigenvalue weighted by Crippen LogP contribution is -2.33. The Hall–Kier alpha value is -5.12. The highest BCUT2D eigenvalue weighted by molar-refractivity contribution is 6.02. The quantitative estimate of drug-likeness (QED) is 0.128. The highest BCUT2D eigenvalue weighted by atomic mass is 19.1. The second kappa shape index (κ2) is 15.5. The molecule has 1 aromatic heterocycles. The first-order chi connectivity index (χ1) is 25.6. The maximum atomic E-state index is 15.9. The Kier molecular flexibility index (Phi) is 10.6. The number of aryl methyl sites for hydroxylation is 1. The van der Waals surface area contributed by atoms with E-state index in [2.05, 4.69) is 40.4 Å². The molecular formula is C43H49FN4O5. The minimum atomic E-state index is -1.04. The van der Waals surface area contributed by atoms with E-state index in [4.69, 9.17) is 9.84 Å². The zero-order valence-electron chi connectivity index (χ0n) is 30.7. The first kappa shape index (κ1) is 36.2. The number of aliphatic carboxylic acids is 1. The molecule has 0 bridgehead atoms. The summed E-state index contributed by atoms with van der Waals surface area (Å²) >= 11 is 0. The van der Waals surface area contributed by atoms with Gasteiger partial charge in [-0.3, -0.25) is 9.59 Å². The van der Waals surface area contributed by atoms with Crippen molar-refractivity contribution in [3.05, 3.63) is 83.4 Å². The number of halogens is 1. The summed E-state index contributed by atoms with van der Waals surface area (Å²) in [7, 11) is 1.67. The van der Waals surface area contributed by atoms with Gasteiger partial charge in [-0.25, -0.2) is 9.18 Å². The highest BCUT2D eigenvalue weighted by Gasteiger charge is 2.35. The first-order valence-electron chi connectivity index (χ1n) is 19.0. The largest absolute Gasteiger partial charge is 0.497 e. The zero-order valence-corrected chi connectivity index (χ0v) is 30.7. The van der Waals surface area contributed by atoms with Gasteiger partial charge in [-0.15, -0.1) is 0 Å². The molecule has 1 aliphatic heterocycles. The van der Waals surface area contributed by atoms with E-state index in [9.17, 15) is 14.4 Å². The maximum Gasteiger partial charge on any atom is 0.328 e. The van der Waals surface area contributed by atoms with E-state index in [0.29, 0.717) is 48.4 Å². The SMILES string of the molecule is COc1ccc2c(c1)NC(C(C)C)CCn1c-2c(C2CCCC[C@@H]2F)c2ccc(C(=O)NC3CCC(C(=O)Nc4cccc(/C=C/C(=O)O)c4)C3)cc21. The third-order valence-corrected chi connectivity index (χ3v) is 11.4. The number of carbonyl (C=O) groups excluding carboxylic acids is 2. The fraction of sp³-hybridized carbons (Fsp3) is 0.419. The maximum absolute atomic E-state index is 15.9. The molecule has 5 atom stereocenters. The number of alkyl halides is 1. The summed E-state index contributed by atoms with van der Waals surface area (Å²) in [5.41, 5.74) is 6.79. The van der Waals surface area contributed by atoms with Crippen molar-refractivity contribution in [2.75, 3.05) is 17.7 Å². The number of nitrogens with one attached hydrogen (secondary N) is 3. The van der Waals surface area contributed by atoms with Crippen LogP contribution in [0.2, 0.25) is 0 Å². The average Bonchev–Trinajstić information content (AvgIpc) is 3.73. The molecule has 2 fully saturated rings. The molecule has 2 aliphatic carbocycles. The third kappa shape index (κ3) is 7.68. The summed E-state index contributed by atoms with van der Waals surface area (Å²) in [5.74, 6) is -0.720. The minimum Gasteiger partial charge on any atom is -0.497 e. The Morgan fingerprint density at radius 3 is 2.60 bits per heavy atom. The molecule has 3 aromatic carbocycles. The van der Waals surface area contributed by atoms with Crippen LogP contribution < -0.4 is 20.7 Å². The average molecular weight is 721 g/mol. The second-order valence-corrected chi connectivity index (χ2v) is 15.2. The van der Waals surface area contributed by atoms with Gasteiger partial charge in [0, 0.05) is 76.0 Å². The number of rotatable bonds is 9. The lowest BCUT2D eigenvalue weighted by molar-refractivity contribution is -0.131. The van der Waals surface area contributed by atoms with Crippen molar-refractivity contribution in [2.24, 2.45) is 11.8 Å². The number of hydrogen-bond donors (Lipinski definition) is 4. The van der Waals surface area contributed by atoms with Crippen LogP contribution in [0.1, 0.15) is 92.6 Å². The normalized spacial score (nSPS) is 22.8. The molecule has 9 nitrogen and oxygen atoms in total. The molecule has 2 amide bonds. The number of anilines is 2. The van der Waals surface area contributed by atoms with E-state index < -0.39 is 12.1 Å². The Bertz CT molecular complexity index is 2050.